The quantitative estimate of drug-likeness (QED) is 0.766. The summed E-state index contributed by atoms with van der Waals surface area (Å²) in [4.78, 5) is 7.04. The van der Waals surface area contributed by atoms with Gasteiger partial charge in [-0.3, -0.25) is 4.68 Å². The standard InChI is InChI=1S/C11H17N5/c1-11(2,3)9-7(6-16(4)15-9)8-5-13-10(12)14-8/h5-6H,1-4H3,(H3,12,13,14). The maximum Gasteiger partial charge on any atom is 0.197 e. The zero-order valence-electron chi connectivity index (χ0n) is 10.1. The lowest BCUT2D eigenvalue weighted by atomic mass is 9.89. The molecule has 0 aromatic carbocycles. The van der Waals surface area contributed by atoms with E-state index < -0.39 is 0 Å². The van der Waals surface area contributed by atoms with Gasteiger partial charge in [0.15, 0.2) is 5.95 Å². The van der Waals surface area contributed by atoms with Gasteiger partial charge >= 0.3 is 0 Å². The number of imidazole rings is 1. The van der Waals surface area contributed by atoms with Crippen LogP contribution in [0, 0.1) is 0 Å². The molecule has 0 saturated heterocycles. The summed E-state index contributed by atoms with van der Waals surface area (Å²) in [7, 11) is 1.92. The van der Waals surface area contributed by atoms with Crippen molar-refractivity contribution >= 4 is 5.95 Å². The van der Waals surface area contributed by atoms with Crippen molar-refractivity contribution in [1.29, 1.82) is 0 Å². The molecule has 5 nitrogen and oxygen atoms in total. The minimum Gasteiger partial charge on any atom is -0.369 e. The van der Waals surface area contributed by atoms with Gasteiger partial charge in [0, 0.05) is 24.2 Å². The van der Waals surface area contributed by atoms with E-state index in [9.17, 15) is 0 Å². The molecule has 16 heavy (non-hydrogen) atoms. The number of hydrogen-bond donors (Lipinski definition) is 2. The third-order valence-electron chi connectivity index (χ3n) is 2.42. The number of aromatic amines is 1. The second kappa shape index (κ2) is 3.37. The van der Waals surface area contributed by atoms with Gasteiger partial charge < -0.3 is 10.7 Å². The molecule has 0 saturated carbocycles. The number of aryl methyl sites for hydroxylation is 1. The molecular formula is C11H17N5. The van der Waals surface area contributed by atoms with E-state index >= 15 is 0 Å². The lowest BCUT2D eigenvalue weighted by Gasteiger charge is -2.16. The van der Waals surface area contributed by atoms with Crippen molar-refractivity contribution in [3.05, 3.63) is 18.1 Å². The van der Waals surface area contributed by atoms with Crippen LogP contribution in [0.5, 0.6) is 0 Å². The van der Waals surface area contributed by atoms with E-state index in [1.54, 1.807) is 6.20 Å². The van der Waals surface area contributed by atoms with Crippen molar-refractivity contribution in [1.82, 2.24) is 19.7 Å². The average molecular weight is 219 g/mol. The van der Waals surface area contributed by atoms with E-state index in [1.807, 2.05) is 17.9 Å². The van der Waals surface area contributed by atoms with Crippen LogP contribution in [0.1, 0.15) is 26.5 Å². The Labute approximate surface area is 94.7 Å². The number of aromatic nitrogens is 4. The van der Waals surface area contributed by atoms with Crippen LogP contribution in [0.4, 0.5) is 5.95 Å². The first kappa shape index (κ1) is 10.7. The van der Waals surface area contributed by atoms with Crippen LogP contribution >= 0.6 is 0 Å². The Hall–Kier alpha value is -1.78. The molecule has 0 aliphatic carbocycles. The minimum absolute atomic E-state index is 0.00351. The SMILES string of the molecule is Cn1cc(-c2cnc(N)[nH]2)c(C(C)(C)C)n1. The number of H-pyrrole nitrogens is 1. The predicted octanol–water partition coefficient (Wildman–Crippen LogP) is 1.69. The lowest BCUT2D eigenvalue weighted by Crippen LogP contribution is -2.13. The third kappa shape index (κ3) is 1.80. The summed E-state index contributed by atoms with van der Waals surface area (Å²) in [5, 5.41) is 4.50. The summed E-state index contributed by atoms with van der Waals surface area (Å²) >= 11 is 0. The van der Waals surface area contributed by atoms with Crippen molar-refractivity contribution in [2.24, 2.45) is 7.05 Å². The third-order valence-corrected chi connectivity index (χ3v) is 2.42. The van der Waals surface area contributed by atoms with Crippen molar-refractivity contribution in [3.63, 3.8) is 0 Å². The van der Waals surface area contributed by atoms with Gasteiger partial charge in [-0.05, 0) is 0 Å². The highest BCUT2D eigenvalue weighted by Gasteiger charge is 2.23. The van der Waals surface area contributed by atoms with Crippen LogP contribution in [0.3, 0.4) is 0 Å². The molecule has 5 heteroatoms. The molecule has 0 aliphatic heterocycles. The van der Waals surface area contributed by atoms with Gasteiger partial charge in [-0.25, -0.2) is 4.98 Å². The van der Waals surface area contributed by atoms with Crippen LogP contribution in [0.25, 0.3) is 11.3 Å². The Bertz CT molecular complexity index is 501. The number of nitrogens with one attached hydrogen (secondary N) is 1. The van der Waals surface area contributed by atoms with Crippen LogP contribution in [0.15, 0.2) is 12.4 Å². The first-order chi connectivity index (χ1) is 7.38. The molecule has 2 heterocycles. The molecular weight excluding hydrogens is 202 g/mol. The predicted molar refractivity (Wildman–Crippen MR) is 63.9 cm³/mol. The molecule has 0 fully saturated rings. The van der Waals surface area contributed by atoms with E-state index in [4.69, 9.17) is 5.73 Å². The number of nitrogen functional groups attached to an aromatic ring is 1. The molecule has 3 N–H and O–H groups in total. The van der Waals surface area contributed by atoms with E-state index in [-0.39, 0.29) is 5.41 Å². The van der Waals surface area contributed by atoms with Gasteiger partial charge in [-0.1, -0.05) is 20.8 Å². The highest BCUT2D eigenvalue weighted by molar-refractivity contribution is 5.63. The Kier molecular flexibility index (Phi) is 2.26. The molecule has 0 unspecified atom stereocenters. The molecule has 0 spiro atoms. The average Bonchev–Trinajstić information content (AvgIpc) is 2.70. The number of rotatable bonds is 1. The largest absolute Gasteiger partial charge is 0.369 e. The summed E-state index contributed by atoms with van der Waals surface area (Å²) in [6.07, 6.45) is 3.72. The van der Waals surface area contributed by atoms with E-state index in [0.717, 1.165) is 17.0 Å². The molecule has 2 rings (SSSR count). The number of hydrogen-bond acceptors (Lipinski definition) is 3. The van der Waals surface area contributed by atoms with Crippen molar-refractivity contribution in [3.8, 4) is 11.3 Å². The van der Waals surface area contributed by atoms with Crippen molar-refractivity contribution < 1.29 is 0 Å². The normalized spacial score (nSPS) is 12.0. The second-order valence-electron chi connectivity index (χ2n) is 5.00. The van der Waals surface area contributed by atoms with Crippen LogP contribution in [-0.2, 0) is 12.5 Å². The maximum atomic E-state index is 5.59. The van der Waals surface area contributed by atoms with Gasteiger partial charge in [-0.15, -0.1) is 0 Å². The molecule has 0 bridgehead atoms. The molecule has 2 aromatic heterocycles. The molecule has 0 radical (unpaired) electrons. The number of nitrogens with two attached hydrogens (primary N) is 1. The van der Waals surface area contributed by atoms with E-state index in [2.05, 4.69) is 35.8 Å². The zero-order valence-corrected chi connectivity index (χ0v) is 10.1. The van der Waals surface area contributed by atoms with Gasteiger partial charge in [-0.2, -0.15) is 5.10 Å². The highest BCUT2D eigenvalue weighted by Crippen LogP contribution is 2.30. The minimum atomic E-state index is -0.00351. The topological polar surface area (TPSA) is 72.5 Å². The van der Waals surface area contributed by atoms with E-state index in [0.29, 0.717) is 5.95 Å². The molecule has 2 aromatic rings. The van der Waals surface area contributed by atoms with Crippen molar-refractivity contribution in [2.45, 2.75) is 26.2 Å². The number of anilines is 1. The van der Waals surface area contributed by atoms with Gasteiger partial charge in [0.1, 0.15) is 0 Å². The van der Waals surface area contributed by atoms with Crippen LogP contribution in [-0.4, -0.2) is 19.7 Å². The summed E-state index contributed by atoms with van der Waals surface area (Å²) in [6.45, 7) is 6.41. The summed E-state index contributed by atoms with van der Waals surface area (Å²) in [5.74, 6) is 0.429. The first-order valence-electron chi connectivity index (χ1n) is 5.23. The Morgan fingerprint density at radius 2 is 2.06 bits per heavy atom. The molecule has 86 valence electrons. The fraction of sp³-hybridized carbons (Fsp3) is 0.455. The fourth-order valence-electron chi connectivity index (χ4n) is 1.71. The van der Waals surface area contributed by atoms with Crippen LogP contribution < -0.4 is 5.73 Å². The highest BCUT2D eigenvalue weighted by atomic mass is 15.3. The zero-order chi connectivity index (χ0) is 11.9. The number of nitrogens with zero attached hydrogens (tertiary/aromatic N) is 3. The molecule has 0 amide bonds. The Morgan fingerprint density at radius 3 is 2.56 bits per heavy atom. The summed E-state index contributed by atoms with van der Waals surface area (Å²) < 4.78 is 1.81. The summed E-state index contributed by atoms with van der Waals surface area (Å²) in [6, 6.07) is 0. The fourth-order valence-corrected chi connectivity index (χ4v) is 1.71. The van der Waals surface area contributed by atoms with Gasteiger partial charge in [0.05, 0.1) is 17.6 Å². The Morgan fingerprint density at radius 1 is 1.38 bits per heavy atom. The maximum absolute atomic E-state index is 5.59. The van der Waals surface area contributed by atoms with E-state index in [1.165, 1.54) is 0 Å². The lowest BCUT2D eigenvalue weighted by molar-refractivity contribution is 0.554. The monoisotopic (exact) mass is 219 g/mol. The smallest absolute Gasteiger partial charge is 0.197 e. The Balaban J connectivity index is 2.57. The van der Waals surface area contributed by atoms with Crippen molar-refractivity contribution in [2.75, 3.05) is 5.73 Å². The summed E-state index contributed by atoms with van der Waals surface area (Å²) in [5.41, 5.74) is 8.59. The van der Waals surface area contributed by atoms with Crippen LogP contribution in [0.2, 0.25) is 0 Å². The second-order valence-corrected chi connectivity index (χ2v) is 5.00. The van der Waals surface area contributed by atoms with Gasteiger partial charge in [0.25, 0.3) is 0 Å². The first-order valence-corrected chi connectivity index (χ1v) is 5.23. The molecule has 0 aliphatic rings. The van der Waals surface area contributed by atoms with Gasteiger partial charge in [0.2, 0.25) is 0 Å². The molecule has 0 atom stereocenters.